The summed E-state index contributed by atoms with van der Waals surface area (Å²) >= 11 is 7.63. The van der Waals surface area contributed by atoms with E-state index in [4.69, 9.17) is 11.6 Å². The normalized spacial score (nSPS) is 14.7. The fraction of sp³-hybridized carbons (Fsp3) is 0.250. The van der Waals surface area contributed by atoms with Gasteiger partial charge in [0.05, 0.1) is 11.3 Å². The van der Waals surface area contributed by atoms with Crippen LogP contribution in [-0.2, 0) is 12.8 Å². The standard InChI is InChI=1S/C16H13ClN2S/c17-13-5-3-4-11(9-13)8-12(10-18)16-19-14-6-1-2-7-15(14)20-16/h3-5,8-9H,1-2,6-7H2/b12-8+. The third-order valence-corrected chi connectivity index (χ3v) is 4.78. The second-order valence-corrected chi connectivity index (χ2v) is 6.34. The van der Waals surface area contributed by atoms with E-state index in [9.17, 15) is 5.26 Å². The number of nitriles is 1. The van der Waals surface area contributed by atoms with Crippen LogP contribution in [0.1, 0.15) is 34.0 Å². The smallest absolute Gasteiger partial charge is 0.134 e. The lowest BCUT2D eigenvalue weighted by atomic mass is 10.0. The Kier molecular flexibility index (Phi) is 3.86. The zero-order chi connectivity index (χ0) is 13.9. The molecular weight excluding hydrogens is 288 g/mol. The molecule has 3 rings (SSSR count). The van der Waals surface area contributed by atoms with Crippen molar-refractivity contribution in [3.63, 3.8) is 0 Å². The number of hydrogen-bond donors (Lipinski definition) is 0. The van der Waals surface area contributed by atoms with Gasteiger partial charge in [0.15, 0.2) is 0 Å². The molecule has 0 bridgehead atoms. The Morgan fingerprint density at radius 3 is 2.95 bits per heavy atom. The molecule has 0 saturated carbocycles. The SMILES string of the molecule is N#C/C(=C\c1cccc(Cl)c1)c1nc2c(s1)CCCC2. The van der Waals surface area contributed by atoms with Gasteiger partial charge in [0.2, 0.25) is 0 Å². The summed E-state index contributed by atoms with van der Waals surface area (Å²) in [6.07, 6.45) is 6.44. The zero-order valence-electron chi connectivity index (χ0n) is 10.9. The first kappa shape index (κ1) is 13.4. The van der Waals surface area contributed by atoms with Crippen molar-refractivity contribution in [3.8, 4) is 6.07 Å². The maximum Gasteiger partial charge on any atom is 0.134 e. The van der Waals surface area contributed by atoms with Gasteiger partial charge in [-0.1, -0.05) is 23.7 Å². The van der Waals surface area contributed by atoms with Crippen molar-refractivity contribution in [1.82, 2.24) is 4.98 Å². The van der Waals surface area contributed by atoms with Crippen LogP contribution in [0.15, 0.2) is 24.3 Å². The molecule has 1 heterocycles. The highest BCUT2D eigenvalue weighted by molar-refractivity contribution is 7.13. The van der Waals surface area contributed by atoms with E-state index >= 15 is 0 Å². The molecule has 2 aromatic rings. The number of benzene rings is 1. The average molecular weight is 301 g/mol. The van der Waals surface area contributed by atoms with Gasteiger partial charge in [-0.2, -0.15) is 5.26 Å². The molecule has 1 aliphatic carbocycles. The third kappa shape index (κ3) is 2.77. The molecule has 2 nitrogen and oxygen atoms in total. The molecule has 1 aromatic heterocycles. The molecule has 1 aliphatic rings. The number of rotatable bonds is 2. The largest absolute Gasteiger partial charge is 0.240 e. The minimum Gasteiger partial charge on any atom is -0.240 e. The van der Waals surface area contributed by atoms with Gasteiger partial charge in [0.1, 0.15) is 11.1 Å². The highest BCUT2D eigenvalue weighted by atomic mass is 35.5. The molecular formula is C16H13ClN2S. The summed E-state index contributed by atoms with van der Waals surface area (Å²) in [5.41, 5.74) is 2.73. The molecule has 0 fully saturated rings. The Balaban J connectivity index is 1.98. The van der Waals surface area contributed by atoms with E-state index in [0.29, 0.717) is 10.6 Å². The number of aryl methyl sites for hydroxylation is 2. The quantitative estimate of drug-likeness (QED) is 0.751. The lowest BCUT2D eigenvalue weighted by molar-refractivity contribution is 0.682. The molecule has 4 heteroatoms. The van der Waals surface area contributed by atoms with E-state index in [1.807, 2.05) is 30.3 Å². The van der Waals surface area contributed by atoms with Crippen molar-refractivity contribution in [3.05, 3.63) is 50.4 Å². The topological polar surface area (TPSA) is 36.7 Å². The van der Waals surface area contributed by atoms with Crippen molar-refractivity contribution in [2.24, 2.45) is 0 Å². The monoisotopic (exact) mass is 300 g/mol. The summed E-state index contributed by atoms with van der Waals surface area (Å²) in [7, 11) is 0. The molecule has 100 valence electrons. The minimum atomic E-state index is 0.617. The number of fused-ring (bicyclic) bond motifs is 1. The van der Waals surface area contributed by atoms with Gasteiger partial charge in [0, 0.05) is 9.90 Å². The van der Waals surface area contributed by atoms with Crippen molar-refractivity contribution in [2.45, 2.75) is 25.7 Å². The fourth-order valence-electron chi connectivity index (χ4n) is 2.37. The van der Waals surface area contributed by atoms with Crippen LogP contribution in [0.3, 0.4) is 0 Å². The summed E-state index contributed by atoms with van der Waals surface area (Å²) in [4.78, 5) is 5.98. The highest BCUT2D eigenvalue weighted by Gasteiger charge is 2.17. The fourth-order valence-corrected chi connectivity index (χ4v) is 3.69. The Morgan fingerprint density at radius 1 is 1.35 bits per heavy atom. The summed E-state index contributed by atoms with van der Waals surface area (Å²) in [6, 6.07) is 9.77. The van der Waals surface area contributed by atoms with Gasteiger partial charge in [0.25, 0.3) is 0 Å². The molecule has 20 heavy (non-hydrogen) atoms. The van der Waals surface area contributed by atoms with Gasteiger partial charge in [-0.3, -0.25) is 0 Å². The van der Waals surface area contributed by atoms with Crippen LogP contribution in [0.2, 0.25) is 5.02 Å². The Labute approximate surface area is 127 Å². The predicted octanol–water partition coefficient (Wildman–Crippen LogP) is 4.74. The molecule has 0 unspecified atom stereocenters. The second kappa shape index (κ2) is 5.78. The van der Waals surface area contributed by atoms with E-state index in [1.165, 1.54) is 23.4 Å². The number of aromatic nitrogens is 1. The van der Waals surface area contributed by atoms with Gasteiger partial charge in [-0.25, -0.2) is 4.98 Å². The van der Waals surface area contributed by atoms with Gasteiger partial charge >= 0.3 is 0 Å². The maximum atomic E-state index is 9.39. The minimum absolute atomic E-state index is 0.617. The molecule has 0 aliphatic heterocycles. The molecule has 0 saturated heterocycles. The Hall–Kier alpha value is -1.63. The second-order valence-electron chi connectivity index (χ2n) is 4.82. The first-order valence-electron chi connectivity index (χ1n) is 6.62. The van der Waals surface area contributed by atoms with Crippen molar-refractivity contribution >= 4 is 34.6 Å². The van der Waals surface area contributed by atoms with E-state index < -0.39 is 0 Å². The molecule has 0 amide bonds. The van der Waals surface area contributed by atoms with E-state index in [-0.39, 0.29) is 0 Å². The van der Waals surface area contributed by atoms with E-state index in [2.05, 4.69) is 11.1 Å². The Morgan fingerprint density at radius 2 is 2.20 bits per heavy atom. The third-order valence-electron chi connectivity index (χ3n) is 3.36. The number of hydrogen-bond acceptors (Lipinski definition) is 3. The number of allylic oxidation sites excluding steroid dienone is 1. The number of nitrogens with zero attached hydrogens (tertiary/aromatic N) is 2. The van der Waals surface area contributed by atoms with Crippen LogP contribution < -0.4 is 0 Å². The molecule has 0 N–H and O–H groups in total. The number of thiazole rings is 1. The molecule has 0 radical (unpaired) electrons. The van der Waals surface area contributed by atoms with Gasteiger partial charge < -0.3 is 0 Å². The van der Waals surface area contributed by atoms with E-state index in [0.717, 1.165) is 23.4 Å². The molecule has 0 atom stereocenters. The predicted molar refractivity (Wildman–Crippen MR) is 83.7 cm³/mol. The van der Waals surface area contributed by atoms with E-state index in [1.54, 1.807) is 11.3 Å². The first-order valence-corrected chi connectivity index (χ1v) is 7.82. The van der Waals surface area contributed by atoms with Crippen LogP contribution in [0, 0.1) is 11.3 Å². The van der Waals surface area contributed by atoms with Crippen molar-refractivity contribution in [1.29, 1.82) is 5.26 Å². The average Bonchev–Trinajstić information content (AvgIpc) is 2.88. The van der Waals surface area contributed by atoms with Gasteiger partial charge in [-0.05, 0) is 49.5 Å². The summed E-state index contributed by atoms with van der Waals surface area (Å²) < 4.78 is 0. The zero-order valence-corrected chi connectivity index (χ0v) is 12.5. The molecule has 1 aromatic carbocycles. The van der Waals surface area contributed by atoms with Crippen LogP contribution in [0.25, 0.3) is 11.6 Å². The maximum absolute atomic E-state index is 9.39. The van der Waals surface area contributed by atoms with Gasteiger partial charge in [-0.15, -0.1) is 11.3 Å². The summed E-state index contributed by atoms with van der Waals surface area (Å²) in [6.45, 7) is 0. The first-order chi connectivity index (χ1) is 9.76. The Bertz CT molecular complexity index is 686. The number of halogens is 1. The highest BCUT2D eigenvalue weighted by Crippen LogP contribution is 2.31. The van der Waals surface area contributed by atoms with Crippen molar-refractivity contribution < 1.29 is 0 Å². The lowest BCUT2D eigenvalue weighted by Gasteiger charge is -2.06. The lowest BCUT2D eigenvalue weighted by Crippen LogP contribution is -1.99. The van der Waals surface area contributed by atoms with Crippen LogP contribution in [0.5, 0.6) is 0 Å². The van der Waals surface area contributed by atoms with Crippen LogP contribution >= 0.6 is 22.9 Å². The van der Waals surface area contributed by atoms with Crippen molar-refractivity contribution in [2.75, 3.05) is 0 Å². The van der Waals surface area contributed by atoms with Crippen LogP contribution in [0.4, 0.5) is 0 Å². The molecule has 0 spiro atoms. The van der Waals surface area contributed by atoms with Crippen LogP contribution in [-0.4, -0.2) is 4.98 Å². The summed E-state index contributed by atoms with van der Waals surface area (Å²) in [5, 5.41) is 10.9. The summed E-state index contributed by atoms with van der Waals surface area (Å²) in [5.74, 6) is 0.